The molecule has 0 saturated heterocycles. The fourth-order valence-corrected chi connectivity index (χ4v) is 1.07. The van der Waals surface area contributed by atoms with E-state index >= 15 is 0 Å². The number of rotatable bonds is 3. The smallest absolute Gasteiger partial charge is 0.282 e. The van der Waals surface area contributed by atoms with E-state index in [9.17, 15) is 8.78 Å². The zero-order valence-corrected chi connectivity index (χ0v) is 6.93. The molecule has 0 aliphatic heterocycles. The molecule has 1 aromatic heterocycles. The Labute approximate surface area is 73.1 Å². The molecule has 0 atom stereocenters. The largest absolute Gasteiger partial charge is 0.396 e. The van der Waals surface area contributed by atoms with Crippen LogP contribution in [0.3, 0.4) is 0 Å². The molecule has 3 nitrogen and oxygen atoms in total. The first-order chi connectivity index (χ1) is 5.66. The number of alkyl halides is 3. The van der Waals surface area contributed by atoms with Crippen molar-refractivity contribution in [3.05, 3.63) is 11.9 Å². The van der Waals surface area contributed by atoms with Crippen LogP contribution in [0.4, 0.5) is 14.5 Å². The second kappa shape index (κ2) is 3.71. The summed E-state index contributed by atoms with van der Waals surface area (Å²) < 4.78 is 25.6. The van der Waals surface area contributed by atoms with Crippen LogP contribution in [0.25, 0.3) is 0 Å². The Morgan fingerprint density at radius 3 is 2.83 bits per heavy atom. The molecule has 0 bridgehead atoms. The molecular weight excluding hydrogens is 188 g/mol. The highest BCUT2D eigenvalue weighted by molar-refractivity contribution is 6.17. The second-order valence-corrected chi connectivity index (χ2v) is 2.58. The third kappa shape index (κ3) is 1.66. The fourth-order valence-electron chi connectivity index (χ4n) is 0.906. The minimum Gasteiger partial charge on any atom is -0.396 e. The first kappa shape index (κ1) is 9.25. The number of nitrogen functional groups attached to an aromatic ring is 1. The number of halogens is 3. The SMILES string of the molecule is Nc1cnn(CCCl)c1C(F)F. The average Bonchev–Trinajstić information content (AvgIpc) is 2.32. The molecule has 2 N–H and O–H groups in total. The maximum absolute atomic E-state index is 12.3. The van der Waals surface area contributed by atoms with Gasteiger partial charge in [-0.25, -0.2) is 8.78 Å². The number of aryl methyl sites for hydroxylation is 1. The van der Waals surface area contributed by atoms with Gasteiger partial charge < -0.3 is 5.73 Å². The molecule has 0 aromatic carbocycles. The van der Waals surface area contributed by atoms with E-state index in [1.165, 1.54) is 6.20 Å². The Morgan fingerprint density at radius 2 is 2.33 bits per heavy atom. The van der Waals surface area contributed by atoms with E-state index in [1.54, 1.807) is 0 Å². The van der Waals surface area contributed by atoms with E-state index in [4.69, 9.17) is 17.3 Å². The number of nitrogens with zero attached hydrogens (tertiary/aromatic N) is 2. The summed E-state index contributed by atoms with van der Waals surface area (Å²) >= 11 is 5.38. The predicted molar refractivity (Wildman–Crippen MR) is 42.3 cm³/mol. The van der Waals surface area contributed by atoms with Crippen molar-refractivity contribution in [3.63, 3.8) is 0 Å². The van der Waals surface area contributed by atoms with Gasteiger partial charge in [0, 0.05) is 5.88 Å². The quantitative estimate of drug-likeness (QED) is 0.746. The zero-order chi connectivity index (χ0) is 9.14. The van der Waals surface area contributed by atoms with Crippen molar-refractivity contribution in [3.8, 4) is 0 Å². The molecular formula is C6H8ClF2N3. The summed E-state index contributed by atoms with van der Waals surface area (Å²) in [5.74, 6) is 0.237. The van der Waals surface area contributed by atoms with Gasteiger partial charge in [-0.05, 0) is 0 Å². The van der Waals surface area contributed by atoms with E-state index in [0.717, 1.165) is 4.68 Å². The van der Waals surface area contributed by atoms with E-state index in [0.29, 0.717) is 0 Å². The highest BCUT2D eigenvalue weighted by Crippen LogP contribution is 2.24. The van der Waals surface area contributed by atoms with Crippen LogP contribution in [-0.4, -0.2) is 15.7 Å². The van der Waals surface area contributed by atoms with Crippen LogP contribution >= 0.6 is 11.6 Å². The molecule has 68 valence electrons. The molecule has 0 aliphatic rings. The maximum atomic E-state index is 12.3. The van der Waals surface area contributed by atoms with Gasteiger partial charge in [0.1, 0.15) is 5.69 Å². The van der Waals surface area contributed by atoms with Crippen LogP contribution in [-0.2, 0) is 6.54 Å². The summed E-state index contributed by atoms with van der Waals surface area (Å²) in [6.07, 6.45) is -1.40. The van der Waals surface area contributed by atoms with Crippen molar-refractivity contribution in [1.82, 2.24) is 9.78 Å². The van der Waals surface area contributed by atoms with Crippen molar-refractivity contribution in [2.45, 2.75) is 13.0 Å². The molecule has 0 fully saturated rings. The lowest BCUT2D eigenvalue weighted by Crippen LogP contribution is -2.07. The number of anilines is 1. The number of hydrogen-bond acceptors (Lipinski definition) is 2. The van der Waals surface area contributed by atoms with Crippen molar-refractivity contribution in [1.29, 1.82) is 0 Å². The van der Waals surface area contributed by atoms with Crippen molar-refractivity contribution in [2.75, 3.05) is 11.6 Å². The van der Waals surface area contributed by atoms with Crippen molar-refractivity contribution < 1.29 is 8.78 Å². The molecule has 1 aromatic rings. The summed E-state index contributed by atoms with van der Waals surface area (Å²) in [6.45, 7) is 0.248. The normalized spacial score (nSPS) is 11.0. The standard InChI is InChI=1S/C6H8ClF2N3/c7-1-2-12-5(6(8)9)4(10)3-11-12/h3,6H,1-2,10H2. The highest BCUT2D eigenvalue weighted by atomic mass is 35.5. The summed E-state index contributed by atoms with van der Waals surface area (Å²) in [7, 11) is 0. The van der Waals surface area contributed by atoms with Gasteiger partial charge in [0.2, 0.25) is 0 Å². The second-order valence-electron chi connectivity index (χ2n) is 2.20. The molecule has 0 saturated carbocycles. The van der Waals surface area contributed by atoms with E-state index < -0.39 is 6.43 Å². The average molecular weight is 196 g/mol. The lowest BCUT2D eigenvalue weighted by molar-refractivity contribution is 0.140. The van der Waals surface area contributed by atoms with E-state index in [1.807, 2.05) is 0 Å². The van der Waals surface area contributed by atoms with Gasteiger partial charge >= 0.3 is 0 Å². The summed E-state index contributed by atoms with van der Waals surface area (Å²) in [4.78, 5) is 0. The molecule has 0 spiro atoms. The van der Waals surface area contributed by atoms with Crippen LogP contribution in [0, 0.1) is 0 Å². The van der Waals surface area contributed by atoms with Gasteiger partial charge in [-0.15, -0.1) is 11.6 Å². The Bertz CT molecular complexity index is 261. The first-order valence-electron chi connectivity index (χ1n) is 3.32. The fraction of sp³-hybridized carbons (Fsp3) is 0.500. The van der Waals surface area contributed by atoms with Gasteiger partial charge in [0.15, 0.2) is 0 Å². The summed E-state index contributed by atoms with van der Waals surface area (Å²) in [6, 6.07) is 0. The van der Waals surface area contributed by atoms with Gasteiger partial charge in [-0.2, -0.15) is 5.10 Å². The third-order valence-electron chi connectivity index (χ3n) is 1.41. The molecule has 0 radical (unpaired) electrons. The lowest BCUT2D eigenvalue weighted by Gasteiger charge is -2.04. The van der Waals surface area contributed by atoms with Gasteiger partial charge in [0.05, 0.1) is 18.4 Å². The monoisotopic (exact) mass is 195 g/mol. The van der Waals surface area contributed by atoms with Crippen LogP contribution in [0.5, 0.6) is 0 Å². The minimum absolute atomic E-state index is 0.00937. The van der Waals surface area contributed by atoms with Crippen LogP contribution < -0.4 is 5.73 Å². The Hall–Kier alpha value is -0.840. The van der Waals surface area contributed by atoms with Crippen molar-refractivity contribution in [2.24, 2.45) is 0 Å². The van der Waals surface area contributed by atoms with Crippen LogP contribution in [0.1, 0.15) is 12.1 Å². The zero-order valence-electron chi connectivity index (χ0n) is 6.17. The number of nitrogens with two attached hydrogens (primary N) is 1. The van der Waals surface area contributed by atoms with E-state index in [2.05, 4.69) is 5.10 Å². The molecule has 1 heterocycles. The molecule has 1 rings (SSSR count). The number of aromatic nitrogens is 2. The maximum Gasteiger partial charge on any atom is 0.282 e. The Balaban J connectivity index is 2.95. The number of hydrogen-bond donors (Lipinski definition) is 1. The molecule has 12 heavy (non-hydrogen) atoms. The topological polar surface area (TPSA) is 43.8 Å². The third-order valence-corrected chi connectivity index (χ3v) is 1.58. The molecule has 6 heteroatoms. The highest BCUT2D eigenvalue weighted by Gasteiger charge is 2.17. The van der Waals surface area contributed by atoms with Crippen LogP contribution in [0.2, 0.25) is 0 Å². The van der Waals surface area contributed by atoms with Gasteiger partial charge in [-0.3, -0.25) is 4.68 Å². The molecule has 0 aliphatic carbocycles. The first-order valence-corrected chi connectivity index (χ1v) is 3.85. The Kier molecular flexibility index (Phi) is 2.86. The lowest BCUT2D eigenvalue weighted by atomic mass is 10.4. The predicted octanol–water partition coefficient (Wildman–Crippen LogP) is 1.64. The van der Waals surface area contributed by atoms with Crippen LogP contribution in [0.15, 0.2) is 6.20 Å². The summed E-state index contributed by atoms with van der Waals surface area (Å²) in [5, 5.41) is 3.65. The molecule has 0 unspecified atom stereocenters. The van der Waals surface area contributed by atoms with Gasteiger partial charge in [-0.1, -0.05) is 0 Å². The summed E-state index contributed by atoms with van der Waals surface area (Å²) in [5.41, 5.74) is 5.02. The minimum atomic E-state index is -2.60. The van der Waals surface area contributed by atoms with Gasteiger partial charge in [0.25, 0.3) is 6.43 Å². The molecule has 0 amide bonds. The van der Waals surface area contributed by atoms with Crippen molar-refractivity contribution >= 4 is 17.3 Å². The van der Waals surface area contributed by atoms with E-state index in [-0.39, 0.29) is 23.8 Å². The Morgan fingerprint density at radius 1 is 1.67 bits per heavy atom.